The number of hydrogen-bond donors (Lipinski definition) is 1. The second-order valence-corrected chi connectivity index (χ2v) is 9.11. The maximum Gasteiger partial charge on any atom is 0.290 e. The van der Waals surface area contributed by atoms with Gasteiger partial charge in [0.25, 0.3) is 5.91 Å². The number of nitrogens with zero attached hydrogens (tertiary/aromatic N) is 2. The Morgan fingerprint density at radius 3 is 2.71 bits per heavy atom. The summed E-state index contributed by atoms with van der Waals surface area (Å²) in [6.45, 7) is 10.1. The van der Waals surface area contributed by atoms with Crippen LogP contribution in [0.3, 0.4) is 0 Å². The molecule has 8 nitrogen and oxygen atoms in total. The second kappa shape index (κ2) is 11.5. The molecule has 1 unspecified atom stereocenters. The highest BCUT2D eigenvalue weighted by molar-refractivity contribution is 7.12. The summed E-state index contributed by atoms with van der Waals surface area (Å²) in [6.07, 6.45) is 1.64. The molecule has 0 aliphatic carbocycles. The number of aliphatic hydroxyl groups excluding tert-OH is 1. The summed E-state index contributed by atoms with van der Waals surface area (Å²) in [7, 11) is 0. The summed E-state index contributed by atoms with van der Waals surface area (Å²) >= 11 is 1.28. The molecule has 0 radical (unpaired) electrons. The van der Waals surface area contributed by atoms with Crippen molar-refractivity contribution in [2.24, 2.45) is 0 Å². The average molecular weight is 499 g/mol. The SMILES string of the molecule is C=CCOc1ccc(C2C(C(=O)c3cccs3)=C(O)C(=O)N2CCN2CCOCC2)cc1OCC. The van der Waals surface area contributed by atoms with E-state index in [4.69, 9.17) is 14.2 Å². The molecule has 1 atom stereocenters. The topological polar surface area (TPSA) is 88.5 Å². The van der Waals surface area contributed by atoms with Crippen molar-refractivity contribution in [3.8, 4) is 11.5 Å². The van der Waals surface area contributed by atoms with E-state index in [1.54, 1.807) is 46.7 Å². The van der Waals surface area contributed by atoms with Crippen LogP contribution in [-0.2, 0) is 9.53 Å². The van der Waals surface area contributed by atoms with E-state index in [2.05, 4.69) is 11.5 Å². The van der Waals surface area contributed by atoms with Gasteiger partial charge in [0.05, 0.1) is 36.3 Å². The van der Waals surface area contributed by atoms with E-state index in [0.29, 0.717) is 61.5 Å². The van der Waals surface area contributed by atoms with Crippen molar-refractivity contribution in [1.29, 1.82) is 0 Å². The third-order valence-electron chi connectivity index (χ3n) is 5.99. The molecule has 4 rings (SSSR count). The zero-order valence-electron chi connectivity index (χ0n) is 19.8. The number of aliphatic hydroxyl groups is 1. The summed E-state index contributed by atoms with van der Waals surface area (Å²) in [4.78, 5) is 30.9. The molecule has 0 saturated carbocycles. The molecule has 186 valence electrons. The van der Waals surface area contributed by atoms with Gasteiger partial charge in [-0.05, 0) is 36.1 Å². The Hall–Kier alpha value is -3.14. The Morgan fingerprint density at radius 2 is 2.03 bits per heavy atom. The Morgan fingerprint density at radius 1 is 1.23 bits per heavy atom. The molecule has 1 aromatic carbocycles. The van der Waals surface area contributed by atoms with Crippen molar-refractivity contribution in [3.63, 3.8) is 0 Å². The molecule has 1 fully saturated rings. The van der Waals surface area contributed by atoms with Crippen molar-refractivity contribution in [2.75, 3.05) is 52.6 Å². The highest BCUT2D eigenvalue weighted by atomic mass is 32.1. The number of benzene rings is 1. The Kier molecular flexibility index (Phi) is 8.22. The number of carbonyl (C=O) groups is 2. The van der Waals surface area contributed by atoms with E-state index in [-0.39, 0.29) is 11.4 Å². The van der Waals surface area contributed by atoms with Gasteiger partial charge in [0, 0.05) is 26.2 Å². The Balaban J connectivity index is 1.71. The van der Waals surface area contributed by atoms with Gasteiger partial charge in [0.2, 0.25) is 5.78 Å². The number of carbonyl (C=O) groups excluding carboxylic acids is 2. The summed E-state index contributed by atoms with van der Waals surface area (Å²) < 4.78 is 16.9. The molecule has 3 heterocycles. The summed E-state index contributed by atoms with van der Waals surface area (Å²) in [5.41, 5.74) is 0.750. The molecule has 1 saturated heterocycles. The van der Waals surface area contributed by atoms with Crippen LogP contribution in [0, 0.1) is 0 Å². The highest BCUT2D eigenvalue weighted by Gasteiger charge is 2.44. The molecule has 2 aromatic rings. The first-order valence-electron chi connectivity index (χ1n) is 11.7. The van der Waals surface area contributed by atoms with Crippen LogP contribution >= 0.6 is 11.3 Å². The molecule has 2 aliphatic heterocycles. The molecule has 0 bridgehead atoms. The molecule has 35 heavy (non-hydrogen) atoms. The number of thiophene rings is 1. The first kappa shape index (κ1) is 25.0. The molecular formula is C26H30N2O6S. The van der Waals surface area contributed by atoms with Gasteiger partial charge in [0.15, 0.2) is 17.3 Å². The van der Waals surface area contributed by atoms with Crippen LogP contribution in [0.2, 0.25) is 0 Å². The molecule has 1 aromatic heterocycles. The van der Waals surface area contributed by atoms with Crippen LogP contribution in [0.25, 0.3) is 0 Å². The zero-order chi connectivity index (χ0) is 24.8. The number of ketones is 1. The third-order valence-corrected chi connectivity index (χ3v) is 6.86. The minimum absolute atomic E-state index is 0.0848. The first-order chi connectivity index (χ1) is 17.0. The van der Waals surface area contributed by atoms with E-state index in [1.807, 2.05) is 6.92 Å². The molecule has 2 aliphatic rings. The lowest BCUT2D eigenvalue weighted by Gasteiger charge is -2.32. The lowest BCUT2D eigenvalue weighted by Crippen LogP contribution is -2.43. The van der Waals surface area contributed by atoms with Gasteiger partial charge in [-0.2, -0.15) is 0 Å². The predicted molar refractivity (Wildman–Crippen MR) is 133 cm³/mol. The minimum Gasteiger partial charge on any atom is -0.503 e. The fourth-order valence-electron chi connectivity index (χ4n) is 4.31. The fraction of sp³-hybridized carbons (Fsp3) is 0.385. The average Bonchev–Trinajstić information content (AvgIpc) is 3.50. The van der Waals surface area contributed by atoms with Crippen molar-refractivity contribution < 1.29 is 28.9 Å². The Bertz CT molecular complexity index is 1090. The van der Waals surface area contributed by atoms with Crippen molar-refractivity contribution in [2.45, 2.75) is 13.0 Å². The van der Waals surface area contributed by atoms with Crippen molar-refractivity contribution in [1.82, 2.24) is 9.80 Å². The van der Waals surface area contributed by atoms with Gasteiger partial charge in [-0.3, -0.25) is 14.5 Å². The van der Waals surface area contributed by atoms with Gasteiger partial charge >= 0.3 is 0 Å². The largest absolute Gasteiger partial charge is 0.503 e. The summed E-state index contributed by atoms with van der Waals surface area (Å²) in [5.74, 6) is -0.358. The molecular weight excluding hydrogens is 468 g/mol. The van der Waals surface area contributed by atoms with E-state index in [0.717, 1.165) is 13.1 Å². The Labute approximate surface area is 209 Å². The number of ether oxygens (including phenoxy) is 3. The standard InChI is InChI=1S/C26H30N2O6S/c1-3-13-34-19-8-7-18(17-20(19)33-4-2)23-22(24(29)21-6-5-16-35-21)25(30)26(31)28(23)10-9-27-11-14-32-15-12-27/h3,5-8,16-17,23,30H,1,4,9-15H2,2H3. The van der Waals surface area contributed by atoms with Crippen molar-refractivity contribution in [3.05, 3.63) is 70.1 Å². The van der Waals surface area contributed by atoms with Crippen LogP contribution in [0.15, 0.2) is 59.7 Å². The molecule has 9 heteroatoms. The van der Waals surface area contributed by atoms with Crippen LogP contribution in [0.5, 0.6) is 11.5 Å². The predicted octanol–water partition coefficient (Wildman–Crippen LogP) is 3.62. The van der Waals surface area contributed by atoms with E-state index < -0.39 is 17.7 Å². The van der Waals surface area contributed by atoms with Gasteiger partial charge in [-0.25, -0.2) is 0 Å². The van der Waals surface area contributed by atoms with Crippen LogP contribution in [0.4, 0.5) is 0 Å². The maximum atomic E-state index is 13.4. The summed E-state index contributed by atoms with van der Waals surface area (Å²) in [5, 5.41) is 12.7. The molecule has 1 N–H and O–H groups in total. The van der Waals surface area contributed by atoms with Crippen molar-refractivity contribution >= 4 is 23.0 Å². The third kappa shape index (κ3) is 5.42. The quantitative estimate of drug-likeness (QED) is 0.374. The van der Waals surface area contributed by atoms with Crippen LogP contribution < -0.4 is 9.47 Å². The number of morpholine rings is 1. The van der Waals surface area contributed by atoms with Crippen LogP contribution in [0.1, 0.15) is 28.2 Å². The monoisotopic (exact) mass is 498 g/mol. The van der Waals surface area contributed by atoms with E-state index in [9.17, 15) is 14.7 Å². The smallest absolute Gasteiger partial charge is 0.290 e. The number of Topliss-reactive ketones (excluding diaryl/α,β-unsaturated/α-hetero) is 1. The fourth-order valence-corrected chi connectivity index (χ4v) is 4.99. The summed E-state index contributed by atoms with van der Waals surface area (Å²) in [6, 6.07) is 8.07. The van der Waals surface area contributed by atoms with Gasteiger partial charge < -0.3 is 24.2 Å². The molecule has 1 amide bonds. The number of hydrogen-bond acceptors (Lipinski definition) is 8. The first-order valence-corrected chi connectivity index (χ1v) is 12.6. The van der Waals surface area contributed by atoms with E-state index >= 15 is 0 Å². The lowest BCUT2D eigenvalue weighted by atomic mass is 9.95. The molecule has 0 spiro atoms. The van der Waals surface area contributed by atoms with Gasteiger partial charge in [-0.15, -0.1) is 11.3 Å². The van der Waals surface area contributed by atoms with Crippen LogP contribution in [-0.4, -0.2) is 79.2 Å². The number of amides is 1. The maximum absolute atomic E-state index is 13.4. The normalized spacial score (nSPS) is 18.7. The van der Waals surface area contributed by atoms with Gasteiger partial charge in [-0.1, -0.05) is 24.8 Å². The van der Waals surface area contributed by atoms with Gasteiger partial charge in [0.1, 0.15) is 6.61 Å². The number of rotatable bonds is 11. The van der Waals surface area contributed by atoms with E-state index in [1.165, 1.54) is 11.3 Å². The minimum atomic E-state index is -0.745. The second-order valence-electron chi connectivity index (χ2n) is 8.16. The highest BCUT2D eigenvalue weighted by Crippen LogP contribution is 2.42. The lowest BCUT2D eigenvalue weighted by molar-refractivity contribution is -0.129. The zero-order valence-corrected chi connectivity index (χ0v) is 20.6.